The van der Waals surface area contributed by atoms with Crippen molar-refractivity contribution in [2.24, 2.45) is 0 Å². The number of likely N-dealkylation sites (N-methyl/N-ethyl adjacent to an activating group) is 1. The fourth-order valence-corrected chi connectivity index (χ4v) is 1.20. The van der Waals surface area contributed by atoms with Gasteiger partial charge in [-0.15, -0.1) is 6.58 Å². The number of carbonyl (C=O) groups excluding carboxylic acids is 1. The molecule has 0 aliphatic carbocycles. The Kier molecular flexibility index (Phi) is 8.24. The number of rotatable bonds is 8. The van der Waals surface area contributed by atoms with Crippen LogP contribution >= 0.6 is 0 Å². The number of hydrogen-bond acceptors (Lipinski definition) is 3. The quantitative estimate of drug-likeness (QED) is 0.339. The summed E-state index contributed by atoms with van der Waals surface area (Å²) in [7, 11) is 2.05. The van der Waals surface area contributed by atoms with Crippen LogP contribution in [0.5, 0.6) is 0 Å². The molecule has 0 N–H and O–H groups in total. The van der Waals surface area contributed by atoms with E-state index in [1.54, 1.807) is 0 Å². The van der Waals surface area contributed by atoms with Gasteiger partial charge in [-0.1, -0.05) is 6.08 Å². The average Bonchev–Trinajstić information content (AvgIpc) is 2.13. The summed E-state index contributed by atoms with van der Waals surface area (Å²) >= 11 is 0. The smallest absolute Gasteiger partial charge is 0.305 e. The minimum atomic E-state index is -0.0844. The lowest BCUT2D eigenvalue weighted by molar-refractivity contribution is -0.143. The van der Waals surface area contributed by atoms with Gasteiger partial charge in [-0.05, 0) is 33.4 Å². The van der Waals surface area contributed by atoms with Crippen molar-refractivity contribution < 1.29 is 9.53 Å². The molecule has 0 heterocycles. The Bertz CT molecular complexity index is 169. The highest BCUT2D eigenvalue weighted by atomic mass is 16.5. The maximum absolute atomic E-state index is 11.0. The minimum Gasteiger partial charge on any atom is -0.466 e. The highest BCUT2D eigenvalue weighted by Crippen LogP contribution is 1.99. The molecule has 3 nitrogen and oxygen atoms in total. The van der Waals surface area contributed by atoms with Crippen LogP contribution in [0.15, 0.2) is 12.7 Å². The monoisotopic (exact) mass is 199 g/mol. The van der Waals surface area contributed by atoms with E-state index in [0.29, 0.717) is 13.0 Å². The standard InChI is InChI=1S/C11H21NO2/c1-4-9-12(3)10-7-6-8-11(13)14-5-2/h4H,1,5-10H2,2-3H3. The van der Waals surface area contributed by atoms with Crippen molar-refractivity contribution in [2.45, 2.75) is 26.2 Å². The third kappa shape index (κ3) is 7.80. The first-order valence-electron chi connectivity index (χ1n) is 5.15. The van der Waals surface area contributed by atoms with Gasteiger partial charge < -0.3 is 9.64 Å². The molecule has 0 radical (unpaired) electrons. The molecular weight excluding hydrogens is 178 g/mol. The van der Waals surface area contributed by atoms with Crippen LogP contribution in [0.3, 0.4) is 0 Å². The van der Waals surface area contributed by atoms with E-state index in [0.717, 1.165) is 25.9 Å². The predicted octanol–water partition coefficient (Wildman–Crippen LogP) is 1.84. The Hall–Kier alpha value is -0.830. The van der Waals surface area contributed by atoms with Crippen LogP contribution in [-0.4, -0.2) is 37.6 Å². The molecular formula is C11H21NO2. The highest BCUT2D eigenvalue weighted by molar-refractivity contribution is 5.69. The van der Waals surface area contributed by atoms with Gasteiger partial charge in [0.1, 0.15) is 0 Å². The largest absolute Gasteiger partial charge is 0.466 e. The van der Waals surface area contributed by atoms with Crippen LogP contribution < -0.4 is 0 Å². The summed E-state index contributed by atoms with van der Waals surface area (Å²) in [6.45, 7) is 7.88. The fraction of sp³-hybridized carbons (Fsp3) is 0.727. The van der Waals surface area contributed by atoms with Gasteiger partial charge in [-0.2, -0.15) is 0 Å². The maximum atomic E-state index is 11.0. The number of hydrogen-bond donors (Lipinski definition) is 0. The molecule has 0 aromatic rings. The molecule has 82 valence electrons. The molecule has 0 saturated heterocycles. The molecule has 0 aromatic carbocycles. The summed E-state index contributed by atoms with van der Waals surface area (Å²) in [5, 5.41) is 0. The molecule has 0 spiro atoms. The third-order valence-corrected chi connectivity index (χ3v) is 1.92. The summed E-state index contributed by atoms with van der Waals surface area (Å²) in [5.74, 6) is -0.0844. The number of esters is 1. The second-order valence-electron chi connectivity index (χ2n) is 3.31. The molecule has 0 amide bonds. The van der Waals surface area contributed by atoms with Crippen molar-refractivity contribution in [1.29, 1.82) is 0 Å². The van der Waals surface area contributed by atoms with Gasteiger partial charge in [0.05, 0.1) is 6.61 Å². The van der Waals surface area contributed by atoms with E-state index in [4.69, 9.17) is 4.74 Å². The zero-order chi connectivity index (χ0) is 10.8. The predicted molar refractivity (Wildman–Crippen MR) is 58.2 cm³/mol. The van der Waals surface area contributed by atoms with Crippen LogP contribution in [0.4, 0.5) is 0 Å². The van der Waals surface area contributed by atoms with Crippen molar-refractivity contribution in [3.8, 4) is 0 Å². The van der Waals surface area contributed by atoms with Gasteiger partial charge in [0, 0.05) is 13.0 Å². The van der Waals surface area contributed by atoms with Gasteiger partial charge in [0.2, 0.25) is 0 Å². The third-order valence-electron chi connectivity index (χ3n) is 1.92. The fourth-order valence-electron chi connectivity index (χ4n) is 1.20. The Morgan fingerprint density at radius 2 is 2.21 bits per heavy atom. The first-order valence-corrected chi connectivity index (χ1v) is 5.15. The molecule has 0 atom stereocenters. The van der Waals surface area contributed by atoms with E-state index in [1.165, 1.54) is 0 Å². The maximum Gasteiger partial charge on any atom is 0.305 e. The minimum absolute atomic E-state index is 0.0844. The van der Waals surface area contributed by atoms with Gasteiger partial charge >= 0.3 is 5.97 Å². The van der Waals surface area contributed by atoms with E-state index in [-0.39, 0.29) is 5.97 Å². The summed E-state index contributed by atoms with van der Waals surface area (Å²) < 4.78 is 4.83. The lowest BCUT2D eigenvalue weighted by Crippen LogP contribution is -2.19. The number of unbranched alkanes of at least 4 members (excludes halogenated alkanes) is 1. The summed E-state index contributed by atoms with van der Waals surface area (Å²) in [6, 6.07) is 0. The molecule has 0 fully saturated rings. The molecule has 0 saturated carbocycles. The molecule has 3 heteroatoms. The Balaban J connectivity index is 3.28. The second-order valence-corrected chi connectivity index (χ2v) is 3.31. The SMILES string of the molecule is C=CCN(C)CCCCC(=O)OCC. The van der Waals surface area contributed by atoms with E-state index >= 15 is 0 Å². The van der Waals surface area contributed by atoms with Crippen molar-refractivity contribution in [3.05, 3.63) is 12.7 Å². The van der Waals surface area contributed by atoms with Crippen LogP contribution in [0.25, 0.3) is 0 Å². The number of carbonyl (C=O) groups is 1. The van der Waals surface area contributed by atoms with E-state index in [9.17, 15) is 4.79 Å². The number of ether oxygens (including phenoxy) is 1. The van der Waals surface area contributed by atoms with Crippen LogP contribution in [0.1, 0.15) is 26.2 Å². The van der Waals surface area contributed by atoms with Crippen molar-refractivity contribution in [3.63, 3.8) is 0 Å². The van der Waals surface area contributed by atoms with Crippen LogP contribution in [0, 0.1) is 0 Å². The molecule has 0 aliphatic rings. The van der Waals surface area contributed by atoms with Crippen molar-refractivity contribution in [2.75, 3.05) is 26.7 Å². The van der Waals surface area contributed by atoms with Crippen LogP contribution in [-0.2, 0) is 9.53 Å². The Morgan fingerprint density at radius 1 is 1.50 bits per heavy atom. The zero-order valence-electron chi connectivity index (χ0n) is 9.29. The van der Waals surface area contributed by atoms with Crippen molar-refractivity contribution in [1.82, 2.24) is 4.90 Å². The second kappa shape index (κ2) is 8.75. The summed E-state index contributed by atoms with van der Waals surface area (Å²) in [4.78, 5) is 13.1. The molecule has 0 aromatic heterocycles. The summed E-state index contributed by atoms with van der Waals surface area (Å²) in [6.07, 6.45) is 4.35. The first kappa shape index (κ1) is 13.2. The number of nitrogens with zero attached hydrogens (tertiary/aromatic N) is 1. The average molecular weight is 199 g/mol. The molecule has 0 aliphatic heterocycles. The van der Waals surface area contributed by atoms with Crippen molar-refractivity contribution >= 4 is 5.97 Å². The Labute approximate surface area is 86.7 Å². The lowest BCUT2D eigenvalue weighted by Gasteiger charge is -2.13. The topological polar surface area (TPSA) is 29.5 Å². The van der Waals surface area contributed by atoms with E-state index in [1.807, 2.05) is 20.0 Å². The Morgan fingerprint density at radius 3 is 2.79 bits per heavy atom. The summed E-state index contributed by atoms with van der Waals surface area (Å²) in [5.41, 5.74) is 0. The van der Waals surface area contributed by atoms with E-state index < -0.39 is 0 Å². The highest BCUT2D eigenvalue weighted by Gasteiger charge is 2.01. The normalized spacial score (nSPS) is 10.2. The molecule has 0 rings (SSSR count). The lowest BCUT2D eigenvalue weighted by atomic mass is 10.2. The first-order chi connectivity index (χ1) is 6.70. The molecule has 14 heavy (non-hydrogen) atoms. The van der Waals surface area contributed by atoms with Gasteiger partial charge in [0.15, 0.2) is 0 Å². The van der Waals surface area contributed by atoms with Gasteiger partial charge in [0.25, 0.3) is 0 Å². The van der Waals surface area contributed by atoms with Gasteiger partial charge in [-0.3, -0.25) is 4.79 Å². The molecule has 0 unspecified atom stereocenters. The van der Waals surface area contributed by atoms with Crippen LogP contribution in [0.2, 0.25) is 0 Å². The van der Waals surface area contributed by atoms with E-state index in [2.05, 4.69) is 11.5 Å². The van der Waals surface area contributed by atoms with Gasteiger partial charge in [-0.25, -0.2) is 0 Å². The zero-order valence-corrected chi connectivity index (χ0v) is 9.29. The molecule has 0 bridgehead atoms.